The number of sulfonamides is 1. The summed E-state index contributed by atoms with van der Waals surface area (Å²) in [6, 6.07) is 27.9. The van der Waals surface area contributed by atoms with E-state index in [4.69, 9.17) is 27.9 Å². The van der Waals surface area contributed by atoms with Gasteiger partial charge in [-0.1, -0.05) is 91.0 Å². The van der Waals surface area contributed by atoms with Gasteiger partial charge >= 0.3 is 0 Å². The molecule has 0 unspecified atom stereocenters. The van der Waals surface area contributed by atoms with Crippen molar-refractivity contribution in [2.75, 3.05) is 18.0 Å². The third kappa shape index (κ3) is 9.09. The molecular weight excluding hydrogens is 669 g/mol. The first-order valence-corrected chi connectivity index (χ1v) is 18.1. The Morgan fingerprint density at radius 3 is 2.17 bits per heavy atom. The predicted molar refractivity (Wildman–Crippen MR) is 190 cm³/mol. The van der Waals surface area contributed by atoms with E-state index < -0.39 is 28.5 Å². The number of carbonyl (C=O) groups excluding carboxylic acids is 2. The van der Waals surface area contributed by atoms with Gasteiger partial charge in [0.05, 0.1) is 17.7 Å². The quantitative estimate of drug-likeness (QED) is 0.158. The van der Waals surface area contributed by atoms with Crippen molar-refractivity contribution in [1.82, 2.24) is 10.2 Å². The van der Waals surface area contributed by atoms with Crippen molar-refractivity contribution < 1.29 is 22.7 Å². The van der Waals surface area contributed by atoms with Crippen LogP contribution in [0.4, 0.5) is 5.69 Å². The number of anilines is 1. The van der Waals surface area contributed by atoms with Crippen molar-refractivity contribution >= 4 is 50.7 Å². The van der Waals surface area contributed by atoms with Crippen LogP contribution in [-0.4, -0.2) is 50.9 Å². The smallest absolute Gasteiger partial charge is 0.264 e. The highest BCUT2D eigenvalue weighted by molar-refractivity contribution is 7.92. The summed E-state index contributed by atoms with van der Waals surface area (Å²) in [6.45, 7) is -0.526. The summed E-state index contributed by atoms with van der Waals surface area (Å²) in [4.78, 5) is 30.3. The average Bonchev–Trinajstić information content (AvgIpc) is 3.10. The lowest BCUT2D eigenvalue weighted by atomic mass is 9.94. The molecule has 0 bridgehead atoms. The fourth-order valence-electron chi connectivity index (χ4n) is 5.92. The maximum absolute atomic E-state index is 14.7. The second-order valence-electron chi connectivity index (χ2n) is 11.9. The molecule has 0 spiro atoms. The summed E-state index contributed by atoms with van der Waals surface area (Å²) in [5.41, 5.74) is 1.82. The zero-order chi connectivity index (χ0) is 34.1. The van der Waals surface area contributed by atoms with Crippen molar-refractivity contribution in [3.63, 3.8) is 0 Å². The van der Waals surface area contributed by atoms with Crippen molar-refractivity contribution in [2.24, 2.45) is 0 Å². The Morgan fingerprint density at radius 1 is 0.833 bits per heavy atom. The number of methoxy groups -OCH3 is 1. The first kappa shape index (κ1) is 35.3. The van der Waals surface area contributed by atoms with Crippen LogP contribution in [-0.2, 0) is 32.6 Å². The first-order chi connectivity index (χ1) is 23.1. The molecule has 0 aliphatic heterocycles. The summed E-state index contributed by atoms with van der Waals surface area (Å²) in [5.74, 6) is -0.344. The molecule has 0 heterocycles. The third-order valence-corrected chi connectivity index (χ3v) is 10.8. The van der Waals surface area contributed by atoms with Gasteiger partial charge in [0.15, 0.2) is 0 Å². The molecule has 0 saturated heterocycles. The van der Waals surface area contributed by atoms with Gasteiger partial charge in [-0.25, -0.2) is 8.42 Å². The zero-order valence-corrected chi connectivity index (χ0v) is 29.1. The maximum atomic E-state index is 14.7. The summed E-state index contributed by atoms with van der Waals surface area (Å²) in [6.07, 6.45) is 5.17. The molecule has 1 aliphatic rings. The monoisotopic (exact) mass is 707 g/mol. The number of rotatable bonds is 13. The van der Waals surface area contributed by atoms with E-state index in [1.54, 1.807) is 54.6 Å². The van der Waals surface area contributed by atoms with Gasteiger partial charge in [0.25, 0.3) is 10.0 Å². The average molecular weight is 709 g/mol. The molecule has 2 amide bonds. The second kappa shape index (κ2) is 16.4. The number of ether oxygens (including phenoxy) is 1. The molecule has 48 heavy (non-hydrogen) atoms. The number of benzene rings is 4. The molecule has 1 N–H and O–H groups in total. The highest BCUT2D eigenvalue weighted by atomic mass is 35.5. The normalized spacial score (nSPS) is 14.1. The predicted octanol–water partition coefficient (Wildman–Crippen LogP) is 7.29. The van der Waals surface area contributed by atoms with Crippen LogP contribution in [0.3, 0.4) is 0 Å². The molecule has 8 nitrogen and oxygen atoms in total. The van der Waals surface area contributed by atoms with Crippen LogP contribution in [0.2, 0.25) is 10.0 Å². The Kier molecular flexibility index (Phi) is 12.0. The molecule has 4 aromatic rings. The lowest BCUT2D eigenvalue weighted by Gasteiger charge is -2.35. The van der Waals surface area contributed by atoms with Crippen LogP contribution in [0.25, 0.3) is 0 Å². The van der Waals surface area contributed by atoms with Gasteiger partial charge in [-0.15, -0.1) is 0 Å². The molecule has 0 radical (unpaired) electrons. The molecule has 0 aromatic heterocycles. The lowest BCUT2D eigenvalue weighted by molar-refractivity contribution is -0.140. The van der Waals surface area contributed by atoms with E-state index >= 15 is 0 Å². The molecular formula is C37H39Cl2N3O5S. The van der Waals surface area contributed by atoms with Gasteiger partial charge in [-0.05, 0) is 78.6 Å². The molecule has 1 fully saturated rings. The van der Waals surface area contributed by atoms with Gasteiger partial charge < -0.3 is 15.0 Å². The molecule has 11 heteroatoms. The number of amides is 2. The summed E-state index contributed by atoms with van der Waals surface area (Å²) < 4.78 is 34.7. The Morgan fingerprint density at radius 2 is 1.52 bits per heavy atom. The molecule has 4 aromatic carbocycles. The van der Waals surface area contributed by atoms with Crippen LogP contribution in [0.15, 0.2) is 108 Å². The fraction of sp³-hybridized carbons (Fsp3) is 0.297. The number of nitrogens with one attached hydrogen (secondary N) is 1. The molecule has 5 rings (SSSR count). The Hall–Kier alpha value is -4.05. The minimum Gasteiger partial charge on any atom is -0.497 e. The van der Waals surface area contributed by atoms with Crippen molar-refractivity contribution in [2.45, 2.75) is 62.0 Å². The van der Waals surface area contributed by atoms with E-state index in [2.05, 4.69) is 5.32 Å². The first-order valence-electron chi connectivity index (χ1n) is 15.9. The van der Waals surface area contributed by atoms with Gasteiger partial charge in [0.1, 0.15) is 18.3 Å². The highest BCUT2D eigenvalue weighted by Crippen LogP contribution is 2.28. The number of halogens is 2. The second-order valence-corrected chi connectivity index (χ2v) is 14.6. The minimum absolute atomic E-state index is 0.00964. The van der Waals surface area contributed by atoms with Crippen LogP contribution in [0, 0.1) is 0 Å². The van der Waals surface area contributed by atoms with E-state index in [1.165, 1.54) is 30.2 Å². The van der Waals surface area contributed by atoms with Crippen molar-refractivity contribution in [3.05, 3.63) is 124 Å². The van der Waals surface area contributed by atoms with Crippen LogP contribution in [0.5, 0.6) is 5.75 Å². The fourth-order valence-corrected chi connectivity index (χ4v) is 7.64. The number of nitrogens with zero attached hydrogens (tertiary/aromatic N) is 2. The Labute approximate surface area is 292 Å². The Bertz CT molecular complexity index is 1780. The minimum atomic E-state index is -4.28. The summed E-state index contributed by atoms with van der Waals surface area (Å²) in [5, 5.41) is 4.05. The summed E-state index contributed by atoms with van der Waals surface area (Å²) >= 11 is 12.5. The number of carbonyl (C=O) groups is 2. The molecule has 1 aliphatic carbocycles. The van der Waals surface area contributed by atoms with Gasteiger partial charge in [0.2, 0.25) is 11.8 Å². The van der Waals surface area contributed by atoms with Crippen LogP contribution < -0.4 is 14.4 Å². The van der Waals surface area contributed by atoms with Crippen molar-refractivity contribution in [1.29, 1.82) is 0 Å². The van der Waals surface area contributed by atoms with E-state index in [1.807, 2.05) is 30.3 Å². The van der Waals surface area contributed by atoms with Gasteiger partial charge in [-0.2, -0.15) is 0 Å². The maximum Gasteiger partial charge on any atom is 0.264 e. The lowest BCUT2D eigenvalue weighted by Crippen LogP contribution is -2.55. The topological polar surface area (TPSA) is 96.0 Å². The highest BCUT2D eigenvalue weighted by Gasteiger charge is 2.35. The van der Waals surface area contributed by atoms with Gasteiger partial charge in [0, 0.05) is 29.1 Å². The van der Waals surface area contributed by atoms with Crippen molar-refractivity contribution in [3.8, 4) is 5.75 Å². The van der Waals surface area contributed by atoms with Gasteiger partial charge in [-0.3, -0.25) is 13.9 Å². The molecule has 1 atom stereocenters. The van der Waals surface area contributed by atoms with Crippen LogP contribution >= 0.6 is 23.2 Å². The number of hydrogen-bond donors (Lipinski definition) is 1. The summed E-state index contributed by atoms with van der Waals surface area (Å²) in [7, 11) is -2.78. The standard InChI is InChI=1S/C37H39Cl2N3O5S/c1-47-33-19-21-34(22-20-33)48(45,46)42(32-14-8-11-30(39)24-32)26-36(43)41(25-28-15-17-29(38)18-16-28)35(23-27-9-4-2-5-10-27)37(44)40-31-12-6-3-7-13-31/h2,4-5,8-11,14-22,24,31,35H,3,6-7,12-13,23,25-26H2,1H3,(H,40,44)/t35-/m0/s1. The van der Waals surface area contributed by atoms with Crippen LogP contribution in [0.1, 0.15) is 43.2 Å². The Balaban J connectivity index is 1.56. The van der Waals surface area contributed by atoms with E-state index in [9.17, 15) is 18.0 Å². The molecule has 1 saturated carbocycles. The molecule has 252 valence electrons. The van der Waals surface area contributed by atoms with E-state index in [0.717, 1.165) is 47.5 Å². The third-order valence-electron chi connectivity index (χ3n) is 8.51. The number of hydrogen-bond acceptors (Lipinski definition) is 5. The van der Waals surface area contributed by atoms with E-state index in [0.29, 0.717) is 15.8 Å². The SMILES string of the molecule is COc1ccc(S(=O)(=O)N(CC(=O)N(Cc2ccc(Cl)cc2)[C@@H](Cc2ccccc2)C(=O)NC2CCCCC2)c2cccc(Cl)c2)cc1. The zero-order valence-electron chi connectivity index (χ0n) is 26.7. The van der Waals surface area contributed by atoms with E-state index in [-0.39, 0.29) is 35.5 Å². The largest absolute Gasteiger partial charge is 0.497 e.